The number of rotatable bonds is 8. The smallest absolute Gasteiger partial charge is 0.276 e. The first-order valence-electron chi connectivity index (χ1n) is 7.76. The third kappa shape index (κ3) is 5.25. The van der Waals surface area contributed by atoms with Crippen molar-refractivity contribution in [2.75, 3.05) is 24.3 Å². The summed E-state index contributed by atoms with van der Waals surface area (Å²) in [6.45, 7) is 3.02. The van der Waals surface area contributed by atoms with Crippen molar-refractivity contribution in [1.82, 2.24) is 10.2 Å². The summed E-state index contributed by atoms with van der Waals surface area (Å²) in [4.78, 5) is 12.1. The summed E-state index contributed by atoms with van der Waals surface area (Å²) in [7, 11) is 1.60. The second-order valence-corrected chi connectivity index (χ2v) is 5.12. The summed E-state index contributed by atoms with van der Waals surface area (Å²) in [6, 6.07) is 10.5. The molecule has 0 fully saturated rings. The molecule has 0 bridgehead atoms. The largest absolute Gasteiger partial charge is 0.497 e. The molecule has 0 aliphatic heterocycles. The van der Waals surface area contributed by atoms with Gasteiger partial charge in [0.15, 0.2) is 5.69 Å². The Morgan fingerprint density at radius 3 is 2.48 bits per heavy atom. The van der Waals surface area contributed by atoms with Crippen LogP contribution >= 0.6 is 0 Å². The number of unbranched alkanes of at least 4 members (excludes halogenated alkanes) is 2. The van der Waals surface area contributed by atoms with E-state index in [-0.39, 0.29) is 11.6 Å². The van der Waals surface area contributed by atoms with Crippen molar-refractivity contribution in [3.63, 3.8) is 0 Å². The first-order valence-corrected chi connectivity index (χ1v) is 7.76. The average molecular weight is 314 g/mol. The fourth-order valence-electron chi connectivity index (χ4n) is 2.01. The maximum absolute atomic E-state index is 12.1. The molecule has 6 heteroatoms. The zero-order chi connectivity index (χ0) is 16.5. The van der Waals surface area contributed by atoms with Crippen LogP contribution in [0.5, 0.6) is 5.75 Å². The van der Waals surface area contributed by atoms with Crippen molar-refractivity contribution in [2.45, 2.75) is 26.2 Å². The van der Waals surface area contributed by atoms with Crippen LogP contribution in [-0.4, -0.2) is 29.8 Å². The van der Waals surface area contributed by atoms with Gasteiger partial charge in [0, 0.05) is 12.2 Å². The summed E-state index contributed by atoms with van der Waals surface area (Å²) in [5.41, 5.74) is 0.958. The van der Waals surface area contributed by atoms with Crippen molar-refractivity contribution >= 4 is 17.4 Å². The Morgan fingerprint density at radius 2 is 1.87 bits per heavy atom. The molecule has 2 rings (SSSR count). The van der Waals surface area contributed by atoms with Crippen molar-refractivity contribution in [2.24, 2.45) is 0 Å². The number of benzene rings is 1. The SMILES string of the molecule is CCCCCNc1ccc(C(=O)Nc2ccc(OC)cc2)nn1. The lowest BCUT2D eigenvalue weighted by Gasteiger charge is -2.07. The molecule has 23 heavy (non-hydrogen) atoms. The van der Waals surface area contributed by atoms with Crippen LogP contribution in [0.2, 0.25) is 0 Å². The number of nitrogens with zero attached hydrogens (tertiary/aromatic N) is 2. The van der Waals surface area contributed by atoms with E-state index < -0.39 is 0 Å². The van der Waals surface area contributed by atoms with E-state index in [2.05, 4.69) is 27.8 Å². The molecule has 0 unspecified atom stereocenters. The molecule has 1 aromatic heterocycles. The Balaban J connectivity index is 1.88. The number of nitrogens with one attached hydrogen (secondary N) is 2. The van der Waals surface area contributed by atoms with Crippen LogP contribution in [0.3, 0.4) is 0 Å². The van der Waals surface area contributed by atoms with Crippen LogP contribution in [0.1, 0.15) is 36.7 Å². The molecular formula is C17H22N4O2. The Kier molecular flexibility index (Phi) is 6.35. The van der Waals surface area contributed by atoms with Gasteiger partial charge in [-0.15, -0.1) is 10.2 Å². The van der Waals surface area contributed by atoms with E-state index in [0.717, 1.165) is 18.7 Å². The fourth-order valence-corrected chi connectivity index (χ4v) is 2.01. The van der Waals surface area contributed by atoms with Gasteiger partial charge in [-0.1, -0.05) is 19.8 Å². The highest BCUT2D eigenvalue weighted by Crippen LogP contribution is 2.15. The number of hydrogen-bond acceptors (Lipinski definition) is 5. The molecule has 0 radical (unpaired) electrons. The molecule has 1 aromatic carbocycles. The van der Waals surface area contributed by atoms with Crippen molar-refractivity contribution < 1.29 is 9.53 Å². The lowest BCUT2D eigenvalue weighted by Crippen LogP contribution is -2.15. The van der Waals surface area contributed by atoms with Gasteiger partial charge in [-0.05, 0) is 42.8 Å². The number of carbonyl (C=O) groups excluding carboxylic acids is 1. The summed E-state index contributed by atoms with van der Waals surface area (Å²) in [5.74, 6) is 1.13. The molecule has 1 heterocycles. The van der Waals surface area contributed by atoms with Gasteiger partial charge in [0.2, 0.25) is 0 Å². The number of anilines is 2. The molecule has 0 spiro atoms. The molecule has 0 saturated carbocycles. The summed E-state index contributed by atoms with van der Waals surface area (Å²) >= 11 is 0. The summed E-state index contributed by atoms with van der Waals surface area (Å²) in [6.07, 6.45) is 3.46. The zero-order valence-corrected chi connectivity index (χ0v) is 13.5. The molecule has 0 aliphatic rings. The van der Waals surface area contributed by atoms with Crippen LogP contribution in [0, 0.1) is 0 Å². The number of ether oxygens (including phenoxy) is 1. The molecule has 0 aliphatic carbocycles. The van der Waals surface area contributed by atoms with Crippen LogP contribution in [-0.2, 0) is 0 Å². The van der Waals surface area contributed by atoms with E-state index in [1.807, 2.05) is 0 Å². The Hall–Kier alpha value is -2.63. The van der Waals surface area contributed by atoms with Gasteiger partial charge in [0.1, 0.15) is 11.6 Å². The van der Waals surface area contributed by atoms with E-state index in [4.69, 9.17) is 4.74 Å². The van der Waals surface area contributed by atoms with E-state index >= 15 is 0 Å². The van der Waals surface area contributed by atoms with E-state index in [1.54, 1.807) is 43.5 Å². The van der Waals surface area contributed by atoms with Crippen molar-refractivity contribution in [1.29, 1.82) is 0 Å². The number of aromatic nitrogens is 2. The van der Waals surface area contributed by atoms with Gasteiger partial charge >= 0.3 is 0 Å². The minimum atomic E-state index is -0.291. The second-order valence-electron chi connectivity index (χ2n) is 5.12. The quantitative estimate of drug-likeness (QED) is 0.731. The molecule has 2 N–H and O–H groups in total. The lowest BCUT2D eigenvalue weighted by atomic mass is 10.2. The third-order valence-corrected chi connectivity index (χ3v) is 3.33. The maximum Gasteiger partial charge on any atom is 0.276 e. The first-order chi connectivity index (χ1) is 11.2. The fraction of sp³-hybridized carbons (Fsp3) is 0.353. The third-order valence-electron chi connectivity index (χ3n) is 3.33. The molecule has 122 valence electrons. The highest BCUT2D eigenvalue weighted by molar-refractivity contribution is 6.02. The number of carbonyl (C=O) groups is 1. The Morgan fingerprint density at radius 1 is 1.09 bits per heavy atom. The molecule has 2 aromatic rings. The highest BCUT2D eigenvalue weighted by atomic mass is 16.5. The maximum atomic E-state index is 12.1. The molecule has 0 saturated heterocycles. The zero-order valence-electron chi connectivity index (χ0n) is 13.5. The van der Waals surface area contributed by atoms with Crippen LogP contribution < -0.4 is 15.4 Å². The summed E-state index contributed by atoms with van der Waals surface area (Å²) in [5, 5.41) is 13.9. The topological polar surface area (TPSA) is 76.1 Å². The van der Waals surface area contributed by atoms with Gasteiger partial charge in [0.25, 0.3) is 5.91 Å². The molecule has 6 nitrogen and oxygen atoms in total. The monoisotopic (exact) mass is 314 g/mol. The Bertz CT molecular complexity index is 611. The van der Waals surface area contributed by atoms with Crippen molar-refractivity contribution in [3.8, 4) is 5.75 Å². The van der Waals surface area contributed by atoms with Gasteiger partial charge in [0.05, 0.1) is 7.11 Å². The highest BCUT2D eigenvalue weighted by Gasteiger charge is 2.08. The number of amides is 1. The van der Waals surface area contributed by atoms with Crippen LogP contribution in [0.25, 0.3) is 0 Å². The number of methoxy groups -OCH3 is 1. The van der Waals surface area contributed by atoms with Gasteiger partial charge in [-0.2, -0.15) is 0 Å². The standard InChI is InChI=1S/C17H22N4O2/c1-3-4-5-12-18-16-11-10-15(20-21-16)17(22)19-13-6-8-14(23-2)9-7-13/h6-11H,3-5,12H2,1-2H3,(H,18,21)(H,19,22). The van der Waals surface area contributed by atoms with Gasteiger partial charge in [-0.25, -0.2) is 0 Å². The average Bonchev–Trinajstić information content (AvgIpc) is 2.60. The van der Waals surface area contributed by atoms with Crippen molar-refractivity contribution in [3.05, 3.63) is 42.1 Å². The normalized spacial score (nSPS) is 10.2. The minimum Gasteiger partial charge on any atom is -0.497 e. The van der Waals surface area contributed by atoms with E-state index in [0.29, 0.717) is 11.5 Å². The van der Waals surface area contributed by atoms with E-state index in [9.17, 15) is 4.79 Å². The molecular weight excluding hydrogens is 292 g/mol. The predicted octanol–water partition coefficient (Wildman–Crippen LogP) is 3.34. The second kappa shape index (κ2) is 8.73. The first kappa shape index (κ1) is 16.7. The predicted molar refractivity (Wildman–Crippen MR) is 91.0 cm³/mol. The number of hydrogen-bond donors (Lipinski definition) is 2. The van der Waals surface area contributed by atoms with Crippen LogP contribution in [0.15, 0.2) is 36.4 Å². The lowest BCUT2D eigenvalue weighted by molar-refractivity contribution is 0.102. The Labute approximate surface area is 136 Å². The molecule has 1 amide bonds. The molecule has 0 atom stereocenters. The summed E-state index contributed by atoms with van der Waals surface area (Å²) < 4.78 is 5.08. The van der Waals surface area contributed by atoms with E-state index in [1.165, 1.54) is 12.8 Å². The van der Waals surface area contributed by atoms with Gasteiger partial charge in [-0.3, -0.25) is 4.79 Å². The minimum absolute atomic E-state index is 0.278. The van der Waals surface area contributed by atoms with Gasteiger partial charge < -0.3 is 15.4 Å². The van der Waals surface area contributed by atoms with Crippen LogP contribution in [0.4, 0.5) is 11.5 Å².